The fourth-order valence-corrected chi connectivity index (χ4v) is 3.53. The first kappa shape index (κ1) is 17.4. The molecule has 1 atom stereocenters. The summed E-state index contributed by atoms with van der Waals surface area (Å²) in [6.45, 7) is 1.56. The van der Waals surface area contributed by atoms with E-state index in [4.69, 9.17) is 4.74 Å². The third-order valence-electron chi connectivity index (χ3n) is 5.02. The van der Waals surface area contributed by atoms with E-state index in [1.807, 2.05) is 30.3 Å². The number of aliphatic hydroxyl groups is 1. The molecule has 0 aliphatic carbocycles. The van der Waals surface area contributed by atoms with Crippen molar-refractivity contribution in [2.24, 2.45) is 0 Å². The molecular weight excluding hydrogens is 346 g/mol. The highest BCUT2D eigenvalue weighted by Gasteiger charge is 2.39. The minimum absolute atomic E-state index is 0.237. The molecule has 2 aromatic carbocycles. The maximum atomic E-state index is 12.6. The molecule has 0 aromatic heterocycles. The van der Waals surface area contributed by atoms with Crippen molar-refractivity contribution in [3.8, 4) is 0 Å². The predicted molar refractivity (Wildman–Crippen MR) is 101 cm³/mol. The number of benzene rings is 2. The summed E-state index contributed by atoms with van der Waals surface area (Å²) >= 11 is 0. The zero-order valence-corrected chi connectivity index (χ0v) is 14.8. The van der Waals surface area contributed by atoms with Gasteiger partial charge in [-0.15, -0.1) is 0 Å². The van der Waals surface area contributed by atoms with Crippen molar-refractivity contribution in [3.05, 3.63) is 60.2 Å². The summed E-state index contributed by atoms with van der Waals surface area (Å²) < 4.78 is 4.95. The maximum absolute atomic E-state index is 12.6. The number of urea groups is 1. The smallest absolute Gasteiger partial charge is 0.414 e. The Morgan fingerprint density at radius 2 is 1.93 bits per heavy atom. The number of cyclic esters (lactones) is 1. The Hall–Kier alpha value is -3.06. The number of carbonyl (C=O) groups excluding carboxylic acids is 2. The molecule has 2 aromatic rings. The second kappa shape index (κ2) is 6.92. The first-order chi connectivity index (χ1) is 13.0. The molecule has 2 N–H and O–H groups in total. The van der Waals surface area contributed by atoms with Gasteiger partial charge in [0.15, 0.2) is 0 Å². The van der Waals surface area contributed by atoms with Gasteiger partial charge in [0.1, 0.15) is 12.2 Å². The summed E-state index contributed by atoms with van der Waals surface area (Å²) in [5.41, 5.74) is 1.06. The molecule has 0 bridgehead atoms. The number of nitrogens with zero attached hydrogens (tertiary/aromatic N) is 2. The van der Waals surface area contributed by atoms with Crippen LogP contribution in [-0.2, 0) is 10.3 Å². The highest BCUT2D eigenvalue weighted by molar-refractivity contribution is 5.93. The molecule has 7 heteroatoms. The SMILES string of the molecule is O=C(Nc1cccc(N2CCOC2=O)c1)N1CCC(O)(c2ccccc2)C1. The zero-order chi connectivity index (χ0) is 18.9. The number of nitrogens with one attached hydrogen (secondary N) is 1. The van der Waals surface area contributed by atoms with Crippen LogP contribution in [0.15, 0.2) is 54.6 Å². The second-order valence-corrected chi connectivity index (χ2v) is 6.82. The first-order valence-electron chi connectivity index (χ1n) is 8.93. The third-order valence-corrected chi connectivity index (χ3v) is 5.02. The van der Waals surface area contributed by atoms with Gasteiger partial charge in [0.05, 0.1) is 13.1 Å². The molecule has 2 aliphatic rings. The number of rotatable bonds is 3. The lowest BCUT2D eigenvalue weighted by Crippen LogP contribution is -2.37. The molecule has 2 saturated heterocycles. The lowest BCUT2D eigenvalue weighted by Gasteiger charge is -2.24. The van der Waals surface area contributed by atoms with Crippen LogP contribution in [0.5, 0.6) is 0 Å². The van der Waals surface area contributed by atoms with Crippen molar-refractivity contribution in [2.75, 3.05) is 36.5 Å². The molecule has 4 rings (SSSR count). The lowest BCUT2D eigenvalue weighted by molar-refractivity contribution is 0.0500. The van der Waals surface area contributed by atoms with Crippen LogP contribution < -0.4 is 10.2 Å². The summed E-state index contributed by atoms with van der Waals surface area (Å²) in [4.78, 5) is 27.5. The fourth-order valence-electron chi connectivity index (χ4n) is 3.53. The van der Waals surface area contributed by atoms with Gasteiger partial charge >= 0.3 is 12.1 Å². The van der Waals surface area contributed by atoms with Crippen molar-refractivity contribution in [3.63, 3.8) is 0 Å². The number of hydrogen-bond acceptors (Lipinski definition) is 4. The maximum Gasteiger partial charge on any atom is 0.414 e. The third kappa shape index (κ3) is 3.46. The summed E-state index contributed by atoms with van der Waals surface area (Å²) in [7, 11) is 0. The van der Waals surface area contributed by atoms with Gasteiger partial charge in [-0.3, -0.25) is 4.90 Å². The standard InChI is InChI=1S/C20H21N3O4/c24-18(22-10-9-20(26,14-22)15-5-2-1-3-6-15)21-16-7-4-8-17(13-16)23-11-12-27-19(23)25/h1-8,13,26H,9-12,14H2,(H,21,24). The molecule has 2 fully saturated rings. The van der Waals surface area contributed by atoms with Gasteiger partial charge in [-0.2, -0.15) is 0 Å². The lowest BCUT2D eigenvalue weighted by atomic mass is 9.93. The van der Waals surface area contributed by atoms with Gasteiger partial charge in [0.2, 0.25) is 0 Å². The molecule has 2 heterocycles. The average Bonchev–Trinajstić information content (AvgIpc) is 3.29. The van der Waals surface area contributed by atoms with Gasteiger partial charge in [-0.25, -0.2) is 9.59 Å². The van der Waals surface area contributed by atoms with Crippen LogP contribution >= 0.6 is 0 Å². The van der Waals surface area contributed by atoms with Gasteiger partial charge in [0, 0.05) is 17.9 Å². The van der Waals surface area contributed by atoms with Crippen LogP contribution in [0, 0.1) is 0 Å². The van der Waals surface area contributed by atoms with E-state index >= 15 is 0 Å². The van der Waals surface area contributed by atoms with Crippen LogP contribution in [0.4, 0.5) is 21.0 Å². The van der Waals surface area contributed by atoms with Crippen molar-refractivity contribution in [1.82, 2.24) is 4.90 Å². The highest BCUT2D eigenvalue weighted by atomic mass is 16.6. The van der Waals surface area contributed by atoms with Gasteiger partial charge in [-0.1, -0.05) is 36.4 Å². The van der Waals surface area contributed by atoms with Crippen LogP contribution in [0.2, 0.25) is 0 Å². The van der Waals surface area contributed by atoms with E-state index in [1.54, 1.807) is 29.2 Å². The summed E-state index contributed by atoms with van der Waals surface area (Å²) in [6.07, 6.45) is 0.107. The Labute approximate surface area is 157 Å². The van der Waals surface area contributed by atoms with E-state index < -0.39 is 5.60 Å². The molecule has 0 radical (unpaired) electrons. The number of ether oxygens (including phenoxy) is 1. The number of likely N-dealkylation sites (tertiary alicyclic amines) is 1. The number of carbonyl (C=O) groups is 2. The van der Waals surface area contributed by atoms with Crippen molar-refractivity contribution < 1.29 is 19.4 Å². The molecule has 7 nitrogen and oxygen atoms in total. The predicted octanol–water partition coefficient (Wildman–Crippen LogP) is 2.77. The van der Waals surface area contributed by atoms with E-state index in [1.165, 1.54) is 4.90 Å². The highest BCUT2D eigenvalue weighted by Crippen LogP contribution is 2.32. The molecule has 27 heavy (non-hydrogen) atoms. The molecular formula is C20H21N3O4. The minimum Gasteiger partial charge on any atom is -0.447 e. The largest absolute Gasteiger partial charge is 0.447 e. The molecule has 3 amide bonds. The number of β-amino-alcohol motifs (C(OH)–C–C–N with tert-alkyl or cyclic N) is 1. The van der Waals surface area contributed by atoms with E-state index in [9.17, 15) is 14.7 Å². The van der Waals surface area contributed by atoms with Gasteiger partial charge in [-0.05, 0) is 30.2 Å². The van der Waals surface area contributed by atoms with Crippen LogP contribution in [0.1, 0.15) is 12.0 Å². The monoisotopic (exact) mass is 367 g/mol. The van der Waals surface area contributed by atoms with Gasteiger partial charge < -0.3 is 20.1 Å². The zero-order valence-electron chi connectivity index (χ0n) is 14.8. The Morgan fingerprint density at radius 1 is 1.11 bits per heavy atom. The fraction of sp³-hybridized carbons (Fsp3) is 0.300. The van der Waals surface area contributed by atoms with Crippen molar-refractivity contribution in [1.29, 1.82) is 0 Å². The first-order valence-corrected chi connectivity index (χ1v) is 8.93. The summed E-state index contributed by atoms with van der Waals surface area (Å²) in [6, 6.07) is 16.2. The van der Waals surface area contributed by atoms with Crippen molar-refractivity contribution >= 4 is 23.5 Å². The van der Waals surface area contributed by atoms with Crippen LogP contribution in [0.3, 0.4) is 0 Å². The van der Waals surface area contributed by atoms with Crippen molar-refractivity contribution in [2.45, 2.75) is 12.0 Å². The summed E-state index contributed by atoms with van der Waals surface area (Å²) in [5.74, 6) is 0. The molecule has 140 valence electrons. The molecule has 2 aliphatic heterocycles. The average molecular weight is 367 g/mol. The molecule has 1 unspecified atom stereocenters. The van der Waals surface area contributed by atoms with Crippen LogP contribution in [-0.4, -0.2) is 48.4 Å². The Morgan fingerprint density at radius 3 is 2.67 bits per heavy atom. The van der Waals surface area contributed by atoms with E-state index in [2.05, 4.69) is 5.32 Å². The number of hydrogen-bond donors (Lipinski definition) is 2. The Bertz CT molecular complexity index is 857. The van der Waals surface area contributed by atoms with Gasteiger partial charge in [0.25, 0.3) is 0 Å². The van der Waals surface area contributed by atoms with E-state index in [-0.39, 0.29) is 18.7 Å². The van der Waals surface area contributed by atoms with Crippen LogP contribution in [0.25, 0.3) is 0 Å². The Balaban J connectivity index is 1.43. The molecule has 0 saturated carbocycles. The van der Waals surface area contributed by atoms with E-state index in [0.29, 0.717) is 37.5 Å². The quantitative estimate of drug-likeness (QED) is 0.874. The second-order valence-electron chi connectivity index (χ2n) is 6.82. The topological polar surface area (TPSA) is 82.1 Å². The number of anilines is 2. The summed E-state index contributed by atoms with van der Waals surface area (Å²) in [5, 5.41) is 13.7. The normalized spacial score (nSPS) is 22.0. The number of amides is 3. The Kier molecular flexibility index (Phi) is 4.45. The van der Waals surface area contributed by atoms with E-state index in [0.717, 1.165) is 5.56 Å². The molecule has 0 spiro atoms. The minimum atomic E-state index is -1.03.